The van der Waals surface area contributed by atoms with Crippen LogP contribution in [0.4, 0.5) is 13.2 Å². The van der Waals surface area contributed by atoms with Crippen molar-refractivity contribution in [2.45, 2.75) is 6.54 Å². The van der Waals surface area contributed by atoms with Gasteiger partial charge in [0, 0.05) is 34.2 Å². The molecule has 0 aliphatic heterocycles. The molecule has 0 radical (unpaired) electrons. The number of nitrogens with one attached hydrogen (secondary N) is 1. The number of guanidine groups is 1. The second-order valence-electron chi connectivity index (χ2n) is 5.33. The standard InChI is InChI=1S/C16H21F3N4O/c1-5-6-20-16(21-9-14(24)22(2)3)23(4)10-11-7-12(17)15(19)13(18)8-11/h5,7-8H,1,6,9-10H2,2-4H3,(H,20,21). The third-order valence-electron chi connectivity index (χ3n) is 3.09. The van der Waals surface area contributed by atoms with E-state index >= 15 is 0 Å². The maximum Gasteiger partial charge on any atom is 0.243 e. The van der Waals surface area contributed by atoms with Crippen molar-refractivity contribution in [2.24, 2.45) is 4.99 Å². The van der Waals surface area contributed by atoms with Gasteiger partial charge in [-0.15, -0.1) is 6.58 Å². The molecule has 5 nitrogen and oxygen atoms in total. The zero-order valence-corrected chi connectivity index (χ0v) is 13.9. The Morgan fingerprint density at radius 2 is 1.83 bits per heavy atom. The SMILES string of the molecule is C=CCNC(=NCC(=O)N(C)C)N(C)Cc1cc(F)c(F)c(F)c1. The number of benzene rings is 1. The Hall–Kier alpha value is -2.51. The van der Waals surface area contributed by atoms with Gasteiger partial charge in [0.2, 0.25) is 5.91 Å². The second-order valence-corrected chi connectivity index (χ2v) is 5.33. The summed E-state index contributed by atoms with van der Waals surface area (Å²) in [5, 5.41) is 2.95. The topological polar surface area (TPSA) is 47.9 Å². The van der Waals surface area contributed by atoms with Crippen molar-refractivity contribution in [1.82, 2.24) is 15.1 Å². The lowest BCUT2D eigenvalue weighted by Gasteiger charge is -2.22. The smallest absolute Gasteiger partial charge is 0.243 e. The minimum Gasteiger partial charge on any atom is -0.353 e. The van der Waals surface area contributed by atoms with Crippen LogP contribution >= 0.6 is 0 Å². The molecule has 1 aromatic carbocycles. The van der Waals surface area contributed by atoms with Gasteiger partial charge in [-0.25, -0.2) is 18.2 Å². The summed E-state index contributed by atoms with van der Waals surface area (Å²) in [6.07, 6.45) is 1.61. The van der Waals surface area contributed by atoms with Crippen LogP contribution < -0.4 is 5.32 Å². The van der Waals surface area contributed by atoms with Gasteiger partial charge in [-0.2, -0.15) is 0 Å². The summed E-state index contributed by atoms with van der Waals surface area (Å²) in [6.45, 7) is 3.97. The summed E-state index contributed by atoms with van der Waals surface area (Å²) in [7, 11) is 4.86. The van der Waals surface area contributed by atoms with Crippen LogP contribution in [0.5, 0.6) is 0 Å². The predicted molar refractivity (Wildman–Crippen MR) is 87.0 cm³/mol. The second kappa shape index (κ2) is 8.95. The lowest BCUT2D eigenvalue weighted by Crippen LogP contribution is -2.39. The quantitative estimate of drug-likeness (QED) is 0.371. The Bertz CT molecular complexity index is 609. The molecule has 0 atom stereocenters. The third-order valence-corrected chi connectivity index (χ3v) is 3.09. The van der Waals surface area contributed by atoms with Crippen molar-refractivity contribution in [3.05, 3.63) is 47.8 Å². The van der Waals surface area contributed by atoms with Crippen LogP contribution in [0.1, 0.15) is 5.56 Å². The molecule has 0 aliphatic rings. The number of halogens is 3. The van der Waals surface area contributed by atoms with Crippen molar-refractivity contribution < 1.29 is 18.0 Å². The third kappa shape index (κ3) is 5.60. The Balaban J connectivity index is 2.91. The molecule has 0 spiro atoms. The first-order valence-corrected chi connectivity index (χ1v) is 7.20. The molecule has 0 heterocycles. The van der Waals surface area contributed by atoms with E-state index in [0.29, 0.717) is 12.5 Å². The molecule has 0 saturated carbocycles. The van der Waals surface area contributed by atoms with Crippen LogP contribution in [-0.2, 0) is 11.3 Å². The van der Waals surface area contributed by atoms with Crippen LogP contribution in [0.2, 0.25) is 0 Å². The van der Waals surface area contributed by atoms with E-state index in [4.69, 9.17) is 0 Å². The summed E-state index contributed by atoms with van der Waals surface area (Å²) in [5.41, 5.74) is 0.237. The molecule has 0 saturated heterocycles. The summed E-state index contributed by atoms with van der Waals surface area (Å²) in [6, 6.07) is 1.84. The maximum absolute atomic E-state index is 13.3. The molecule has 132 valence electrons. The predicted octanol–water partition coefficient (Wildman–Crippen LogP) is 1.76. The molecule has 1 amide bonds. The van der Waals surface area contributed by atoms with E-state index in [9.17, 15) is 18.0 Å². The first-order chi connectivity index (χ1) is 11.3. The number of nitrogens with zero attached hydrogens (tertiary/aromatic N) is 3. The van der Waals surface area contributed by atoms with Gasteiger partial charge in [0.25, 0.3) is 0 Å². The monoisotopic (exact) mass is 342 g/mol. The molecule has 0 bridgehead atoms. The van der Waals surface area contributed by atoms with E-state index in [1.54, 1.807) is 32.1 Å². The number of aliphatic imine (C=N–C) groups is 1. The Morgan fingerprint density at radius 3 is 2.33 bits per heavy atom. The number of carbonyl (C=O) groups is 1. The van der Waals surface area contributed by atoms with E-state index in [1.165, 1.54) is 4.90 Å². The number of likely N-dealkylation sites (N-methyl/N-ethyl adjacent to an activating group) is 1. The zero-order valence-electron chi connectivity index (χ0n) is 13.9. The molecular formula is C16H21F3N4O. The van der Waals surface area contributed by atoms with Crippen molar-refractivity contribution in [3.8, 4) is 0 Å². The minimum absolute atomic E-state index is 0.0766. The number of amides is 1. The average Bonchev–Trinajstić information content (AvgIpc) is 2.51. The van der Waals surface area contributed by atoms with E-state index < -0.39 is 17.5 Å². The molecule has 0 aromatic heterocycles. The van der Waals surface area contributed by atoms with Gasteiger partial charge in [0.1, 0.15) is 6.54 Å². The van der Waals surface area contributed by atoms with Gasteiger partial charge < -0.3 is 15.1 Å². The first kappa shape index (κ1) is 19.5. The summed E-state index contributed by atoms with van der Waals surface area (Å²) >= 11 is 0. The van der Waals surface area contributed by atoms with Crippen molar-refractivity contribution in [3.63, 3.8) is 0 Å². The summed E-state index contributed by atoms with van der Waals surface area (Å²) < 4.78 is 39.6. The highest BCUT2D eigenvalue weighted by Crippen LogP contribution is 2.14. The summed E-state index contributed by atoms with van der Waals surface area (Å²) in [4.78, 5) is 18.8. The Morgan fingerprint density at radius 1 is 1.25 bits per heavy atom. The molecule has 1 N–H and O–H groups in total. The van der Waals surface area contributed by atoms with Crippen molar-refractivity contribution >= 4 is 11.9 Å². The normalized spacial score (nSPS) is 11.2. The van der Waals surface area contributed by atoms with Crippen LogP contribution in [0.3, 0.4) is 0 Å². The average molecular weight is 342 g/mol. The highest BCUT2D eigenvalue weighted by Gasteiger charge is 2.14. The largest absolute Gasteiger partial charge is 0.353 e. The van der Waals surface area contributed by atoms with E-state index in [0.717, 1.165) is 12.1 Å². The van der Waals surface area contributed by atoms with Gasteiger partial charge >= 0.3 is 0 Å². The fourth-order valence-corrected chi connectivity index (χ4v) is 1.81. The molecule has 0 unspecified atom stereocenters. The van der Waals surface area contributed by atoms with Gasteiger partial charge in [-0.3, -0.25) is 4.79 Å². The minimum atomic E-state index is -1.50. The Kier molecular flexibility index (Phi) is 7.29. The van der Waals surface area contributed by atoms with Crippen LogP contribution in [-0.4, -0.2) is 55.9 Å². The van der Waals surface area contributed by atoms with Gasteiger partial charge in [0.15, 0.2) is 23.4 Å². The zero-order chi connectivity index (χ0) is 18.3. The van der Waals surface area contributed by atoms with E-state index in [2.05, 4.69) is 16.9 Å². The number of rotatable bonds is 6. The number of hydrogen-bond donors (Lipinski definition) is 1. The number of carbonyl (C=O) groups excluding carboxylic acids is 1. The van der Waals surface area contributed by atoms with E-state index in [-0.39, 0.29) is 24.6 Å². The van der Waals surface area contributed by atoms with Gasteiger partial charge in [-0.05, 0) is 17.7 Å². The fraction of sp³-hybridized carbons (Fsp3) is 0.375. The molecule has 0 aliphatic carbocycles. The number of hydrogen-bond acceptors (Lipinski definition) is 2. The summed E-state index contributed by atoms with van der Waals surface area (Å²) in [5.74, 6) is -3.84. The first-order valence-electron chi connectivity index (χ1n) is 7.20. The van der Waals surface area contributed by atoms with Gasteiger partial charge in [-0.1, -0.05) is 6.08 Å². The molecule has 1 aromatic rings. The van der Waals surface area contributed by atoms with Crippen LogP contribution in [0.15, 0.2) is 29.8 Å². The molecule has 8 heteroatoms. The molecule has 1 rings (SSSR count). The molecule has 0 fully saturated rings. The van der Waals surface area contributed by atoms with E-state index in [1.807, 2.05) is 0 Å². The highest BCUT2D eigenvalue weighted by atomic mass is 19.2. The Labute approximate surface area is 139 Å². The van der Waals surface area contributed by atoms with Gasteiger partial charge in [0.05, 0.1) is 0 Å². The van der Waals surface area contributed by atoms with Crippen LogP contribution in [0.25, 0.3) is 0 Å². The molecular weight excluding hydrogens is 321 g/mol. The lowest BCUT2D eigenvalue weighted by molar-refractivity contribution is -0.127. The maximum atomic E-state index is 13.3. The highest BCUT2D eigenvalue weighted by molar-refractivity contribution is 5.84. The molecule has 24 heavy (non-hydrogen) atoms. The fourth-order valence-electron chi connectivity index (χ4n) is 1.81. The lowest BCUT2D eigenvalue weighted by atomic mass is 10.2. The van der Waals surface area contributed by atoms with Crippen LogP contribution in [0, 0.1) is 17.5 Å². The van der Waals surface area contributed by atoms with Crippen molar-refractivity contribution in [2.75, 3.05) is 34.2 Å². The van der Waals surface area contributed by atoms with Crippen molar-refractivity contribution in [1.29, 1.82) is 0 Å².